The van der Waals surface area contributed by atoms with Crippen LogP contribution in [0.5, 0.6) is 0 Å². The van der Waals surface area contributed by atoms with Crippen molar-refractivity contribution in [3.05, 3.63) is 56.3 Å². The molecule has 1 aliphatic heterocycles. The molecule has 1 heterocycles. The lowest BCUT2D eigenvalue weighted by atomic mass is 9.69. The minimum Gasteiger partial charge on any atom is -0.468 e. The lowest BCUT2D eigenvalue weighted by molar-refractivity contribution is -0.151. The zero-order chi connectivity index (χ0) is 24.3. The molecule has 178 valence electrons. The van der Waals surface area contributed by atoms with Crippen LogP contribution in [0.3, 0.4) is 0 Å². The van der Waals surface area contributed by atoms with Gasteiger partial charge in [0.2, 0.25) is 0 Å². The van der Waals surface area contributed by atoms with Crippen molar-refractivity contribution in [2.75, 3.05) is 25.2 Å². The summed E-state index contributed by atoms with van der Waals surface area (Å²) in [5.41, 5.74) is 2.38. The van der Waals surface area contributed by atoms with Gasteiger partial charge in [-0.2, -0.15) is 11.8 Å². The zero-order valence-electron chi connectivity index (χ0n) is 19.0. The second-order valence-corrected chi connectivity index (χ2v) is 10.2. The van der Waals surface area contributed by atoms with Gasteiger partial charge in [-0.3, -0.25) is 9.59 Å². The molecule has 0 amide bonds. The molecule has 0 aromatic heterocycles. The lowest BCUT2D eigenvalue weighted by Crippen LogP contribution is -2.43. The van der Waals surface area contributed by atoms with Crippen LogP contribution in [0, 0.1) is 11.8 Å². The second-order valence-electron chi connectivity index (χ2n) is 8.01. The third kappa shape index (κ3) is 5.10. The number of thioether (sulfide) groups is 1. The maximum atomic E-state index is 13.7. The minimum atomic E-state index is -0.965. The maximum Gasteiger partial charge on any atom is 0.336 e. The van der Waals surface area contributed by atoms with Crippen molar-refractivity contribution >= 4 is 52.7 Å². The van der Waals surface area contributed by atoms with Crippen LogP contribution in [0.25, 0.3) is 0 Å². The van der Waals surface area contributed by atoms with Crippen molar-refractivity contribution in [1.82, 2.24) is 5.32 Å². The zero-order valence-corrected chi connectivity index (χ0v) is 21.3. The summed E-state index contributed by atoms with van der Waals surface area (Å²) < 4.78 is 10.5. The number of methoxy groups -OCH3 is 1. The van der Waals surface area contributed by atoms with Gasteiger partial charge in [-0.1, -0.05) is 49.2 Å². The SMILES string of the molecule is CCSCCOC(=O)C1=C(C)NC2=C(C(=O)[C@H](C(=O)OC)[C@H](C)C2)[C@@H]1c1cccc(Cl)c1Cl. The van der Waals surface area contributed by atoms with Gasteiger partial charge in [-0.15, -0.1) is 0 Å². The summed E-state index contributed by atoms with van der Waals surface area (Å²) in [6, 6.07) is 5.10. The van der Waals surface area contributed by atoms with E-state index in [2.05, 4.69) is 5.32 Å². The summed E-state index contributed by atoms with van der Waals surface area (Å²) in [5, 5.41) is 3.78. The largest absolute Gasteiger partial charge is 0.468 e. The fourth-order valence-electron chi connectivity index (χ4n) is 4.42. The molecule has 1 aliphatic carbocycles. The predicted octanol–water partition coefficient (Wildman–Crippen LogP) is 4.90. The Balaban J connectivity index is 2.13. The number of dihydropyridines is 1. The van der Waals surface area contributed by atoms with Gasteiger partial charge in [-0.25, -0.2) is 4.79 Å². The van der Waals surface area contributed by atoms with Gasteiger partial charge >= 0.3 is 11.9 Å². The standard InChI is InChI=1S/C24H27Cl2NO5S/c1-5-33-10-9-32-24(30)18-13(3)27-16-11-12(2)17(23(29)31-4)22(28)20(16)19(18)14-7-6-8-15(25)21(14)26/h6-8,12,17,19,27H,5,9-11H2,1-4H3/t12-,17-,19-/m1/s1. The molecule has 0 saturated heterocycles. The van der Waals surface area contributed by atoms with E-state index in [4.69, 9.17) is 32.7 Å². The van der Waals surface area contributed by atoms with E-state index in [1.807, 2.05) is 13.8 Å². The van der Waals surface area contributed by atoms with Crippen LogP contribution in [0.15, 0.2) is 40.7 Å². The number of nitrogens with one attached hydrogen (secondary N) is 1. The first-order valence-electron chi connectivity index (χ1n) is 10.7. The van der Waals surface area contributed by atoms with Crippen molar-refractivity contribution < 1.29 is 23.9 Å². The number of esters is 2. The number of ketones is 1. The highest BCUT2D eigenvalue weighted by Crippen LogP contribution is 2.47. The first kappa shape index (κ1) is 25.7. The van der Waals surface area contributed by atoms with Crippen molar-refractivity contribution in [2.45, 2.75) is 33.1 Å². The Bertz CT molecular complexity index is 1040. The van der Waals surface area contributed by atoms with Crippen molar-refractivity contribution in [3.8, 4) is 0 Å². The Morgan fingerprint density at radius 1 is 1.27 bits per heavy atom. The molecule has 0 spiro atoms. The molecule has 0 saturated carbocycles. The van der Waals surface area contributed by atoms with Gasteiger partial charge < -0.3 is 14.8 Å². The molecule has 0 bridgehead atoms. The van der Waals surface area contributed by atoms with Crippen LogP contribution in [-0.2, 0) is 23.9 Å². The van der Waals surface area contributed by atoms with E-state index in [-0.39, 0.29) is 28.9 Å². The Morgan fingerprint density at radius 2 is 2.00 bits per heavy atom. The molecule has 9 heteroatoms. The van der Waals surface area contributed by atoms with E-state index in [1.165, 1.54) is 7.11 Å². The minimum absolute atomic E-state index is 0.242. The number of ether oxygens (including phenoxy) is 2. The van der Waals surface area contributed by atoms with Crippen LogP contribution in [0.1, 0.15) is 38.7 Å². The summed E-state index contributed by atoms with van der Waals surface area (Å²) in [6.45, 7) is 5.88. The van der Waals surface area contributed by atoms with E-state index in [1.54, 1.807) is 36.9 Å². The van der Waals surface area contributed by atoms with Gasteiger partial charge in [-0.05, 0) is 36.6 Å². The third-order valence-corrected chi connectivity index (χ3v) is 7.62. The summed E-state index contributed by atoms with van der Waals surface area (Å²) in [5.74, 6) is -1.98. The highest BCUT2D eigenvalue weighted by atomic mass is 35.5. The lowest BCUT2D eigenvalue weighted by Gasteiger charge is -2.38. The monoisotopic (exact) mass is 511 g/mol. The molecule has 3 atom stereocenters. The number of hydrogen-bond donors (Lipinski definition) is 1. The molecule has 0 unspecified atom stereocenters. The summed E-state index contributed by atoms with van der Waals surface area (Å²) >= 11 is 14.5. The number of rotatable bonds is 7. The number of benzene rings is 1. The molecular weight excluding hydrogens is 485 g/mol. The van der Waals surface area contributed by atoms with E-state index in [9.17, 15) is 14.4 Å². The number of halogens is 2. The fraction of sp³-hybridized carbons (Fsp3) is 0.458. The molecule has 1 aromatic rings. The first-order valence-corrected chi connectivity index (χ1v) is 12.7. The Kier molecular flexibility index (Phi) is 8.54. The molecule has 0 fully saturated rings. The highest BCUT2D eigenvalue weighted by molar-refractivity contribution is 7.99. The summed E-state index contributed by atoms with van der Waals surface area (Å²) in [7, 11) is 1.26. The quantitative estimate of drug-likeness (QED) is 0.316. The Morgan fingerprint density at radius 3 is 2.67 bits per heavy atom. The van der Waals surface area contributed by atoms with Crippen molar-refractivity contribution in [2.24, 2.45) is 11.8 Å². The van der Waals surface area contributed by atoms with Crippen molar-refractivity contribution in [1.29, 1.82) is 0 Å². The summed E-state index contributed by atoms with van der Waals surface area (Å²) in [4.78, 5) is 39.4. The molecular formula is C24H27Cl2NO5S. The number of carbonyl (C=O) groups excluding carboxylic acids is 3. The van der Waals surface area contributed by atoms with Crippen LogP contribution in [0.4, 0.5) is 0 Å². The first-order chi connectivity index (χ1) is 15.7. The van der Waals surface area contributed by atoms with Crippen LogP contribution < -0.4 is 5.32 Å². The average Bonchev–Trinajstić information content (AvgIpc) is 2.77. The van der Waals surface area contributed by atoms with Gasteiger partial charge in [0, 0.05) is 28.6 Å². The molecule has 3 rings (SSSR count). The fourth-order valence-corrected chi connectivity index (χ4v) is 5.33. The van der Waals surface area contributed by atoms with E-state index < -0.39 is 23.8 Å². The Hall–Kier alpha value is -1.96. The average molecular weight is 512 g/mol. The normalized spacial score (nSPS) is 22.6. The van der Waals surface area contributed by atoms with Crippen LogP contribution in [-0.4, -0.2) is 42.9 Å². The predicted molar refractivity (Wildman–Crippen MR) is 130 cm³/mol. The smallest absolute Gasteiger partial charge is 0.336 e. The van der Waals surface area contributed by atoms with Gasteiger partial charge in [0.1, 0.15) is 12.5 Å². The molecule has 1 N–H and O–H groups in total. The number of allylic oxidation sites excluding steroid dienone is 3. The molecule has 1 aromatic carbocycles. The van der Waals surface area contributed by atoms with E-state index in [0.717, 1.165) is 5.75 Å². The maximum absolute atomic E-state index is 13.7. The van der Waals surface area contributed by atoms with Gasteiger partial charge in [0.05, 0.1) is 22.7 Å². The van der Waals surface area contributed by atoms with Crippen LogP contribution >= 0.6 is 35.0 Å². The number of Topliss-reactive ketones (excluding diaryl/α,β-unsaturated/α-hetero) is 1. The van der Waals surface area contributed by atoms with Gasteiger partial charge in [0.15, 0.2) is 5.78 Å². The highest BCUT2D eigenvalue weighted by Gasteiger charge is 2.47. The second kappa shape index (κ2) is 11.0. The van der Waals surface area contributed by atoms with Crippen molar-refractivity contribution in [3.63, 3.8) is 0 Å². The third-order valence-electron chi connectivity index (χ3n) is 5.92. The molecule has 6 nitrogen and oxygen atoms in total. The molecule has 33 heavy (non-hydrogen) atoms. The number of carbonyl (C=O) groups is 3. The molecule has 2 aliphatic rings. The molecule has 0 radical (unpaired) electrons. The van der Waals surface area contributed by atoms with Gasteiger partial charge in [0.25, 0.3) is 0 Å². The van der Waals surface area contributed by atoms with Crippen LogP contribution in [0.2, 0.25) is 10.0 Å². The van der Waals surface area contributed by atoms with E-state index in [0.29, 0.717) is 39.7 Å². The summed E-state index contributed by atoms with van der Waals surface area (Å²) in [6.07, 6.45) is 0.447. The number of hydrogen-bond acceptors (Lipinski definition) is 7. The Labute approximate surface area is 208 Å². The topological polar surface area (TPSA) is 81.7 Å². The van der Waals surface area contributed by atoms with E-state index >= 15 is 0 Å².